The van der Waals surface area contributed by atoms with E-state index in [2.05, 4.69) is 17.0 Å². The number of nitrogens with zero attached hydrogens (tertiary/aromatic N) is 2. The van der Waals surface area contributed by atoms with Crippen molar-refractivity contribution >= 4 is 6.08 Å². The molecule has 0 aliphatic rings. The first-order valence-electron chi connectivity index (χ1n) is 6.76. The molecule has 0 spiro atoms. The van der Waals surface area contributed by atoms with Crippen LogP contribution in [0.3, 0.4) is 0 Å². The van der Waals surface area contributed by atoms with Crippen molar-refractivity contribution in [1.82, 2.24) is 15.2 Å². The molecule has 0 saturated carbocycles. The van der Waals surface area contributed by atoms with Gasteiger partial charge in [-0.05, 0) is 30.2 Å². The van der Waals surface area contributed by atoms with Gasteiger partial charge in [-0.25, -0.2) is 0 Å². The van der Waals surface area contributed by atoms with E-state index in [0.717, 1.165) is 30.9 Å². The average molecular weight is 295 g/mol. The van der Waals surface area contributed by atoms with Crippen molar-refractivity contribution in [2.45, 2.75) is 32.4 Å². The van der Waals surface area contributed by atoms with Gasteiger partial charge in [0.2, 0.25) is 0 Å². The van der Waals surface area contributed by atoms with E-state index >= 15 is 0 Å². The van der Waals surface area contributed by atoms with Crippen LogP contribution in [-0.2, 0) is 6.18 Å². The van der Waals surface area contributed by atoms with Crippen LogP contribution in [0.2, 0.25) is 0 Å². The minimum absolute atomic E-state index is 0.186. The molecule has 112 valence electrons. The summed E-state index contributed by atoms with van der Waals surface area (Å²) in [6.45, 7) is 2.12. The van der Waals surface area contributed by atoms with Crippen LogP contribution >= 0.6 is 0 Å². The highest BCUT2D eigenvalue weighted by Gasteiger charge is 2.33. The van der Waals surface area contributed by atoms with Gasteiger partial charge in [-0.3, -0.25) is 10.1 Å². The van der Waals surface area contributed by atoms with Gasteiger partial charge in [-0.1, -0.05) is 31.9 Å². The monoisotopic (exact) mass is 295 g/mol. The second-order valence-electron chi connectivity index (χ2n) is 4.68. The lowest BCUT2D eigenvalue weighted by Gasteiger charge is -2.00. The van der Waals surface area contributed by atoms with E-state index in [-0.39, 0.29) is 5.69 Å². The van der Waals surface area contributed by atoms with E-state index in [0.29, 0.717) is 5.69 Å². The van der Waals surface area contributed by atoms with Crippen LogP contribution in [0.25, 0.3) is 17.5 Å². The standard InChI is InChI=1S/C15H16F3N3/c1-2-3-4-5-6-11-7-8-19-12(9-11)13-10-14(21-20-13)15(16,17)18/h5-10H,2-4H2,1H3,(H,20,21)/b6-5+. The van der Waals surface area contributed by atoms with E-state index in [1.807, 2.05) is 23.3 Å². The summed E-state index contributed by atoms with van der Waals surface area (Å²) in [6, 6.07) is 4.49. The maximum Gasteiger partial charge on any atom is 0.432 e. The average Bonchev–Trinajstić information content (AvgIpc) is 2.94. The van der Waals surface area contributed by atoms with Crippen molar-refractivity contribution in [2.75, 3.05) is 0 Å². The third kappa shape index (κ3) is 4.18. The van der Waals surface area contributed by atoms with E-state index in [1.54, 1.807) is 12.3 Å². The summed E-state index contributed by atoms with van der Waals surface area (Å²) in [6.07, 6.45) is 4.35. The number of hydrogen-bond acceptors (Lipinski definition) is 2. The topological polar surface area (TPSA) is 41.6 Å². The first kappa shape index (κ1) is 15.3. The van der Waals surface area contributed by atoms with Gasteiger partial charge in [-0.15, -0.1) is 0 Å². The van der Waals surface area contributed by atoms with Gasteiger partial charge < -0.3 is 0 Å². The molecule has 2 aromatic rings. The molecule has 0 unspecified atom stereocenters. The SMILES string of the molecule is CCCC/C=C/c1ccnc(-c2cc(C(F)(F)F)[nH]n2)c1. The number of aromatic amines is 1. The number of rotatable bonds is 5. The lowest BCUT2D eigenvalue weighted by atomic mass is 10.1. The molecule has 21 heavy (non-hydrogen) atoms. The molecule has 2 heterocycles. The summed E-state index contributed by atoms with van der Waals surface area (Å²) in [5.74, 6) is 0. The Labute approximate surface area is 120 Å². The summed E-state index contributed by atoms with van der Waals surface area (Å²) in [5.41, 5.74) is 0.626. The fourth-order valence-corrected chi connectivity index (χ4v) is 1.83. The van der Waals surface area contributed by atoms with Gasteiger partial charge in [0.25, 0.3) is 0 Å². The van der Waals surface area contributed by atoms with E-state index in [4.69, 9.17) is 0 Å². The van der Waals surface area contributed by atoms with Crippen molar-refractivity contribution < 1.29 is 13.2 Å². The fraction of sp³-hybridized carbons (Fsp3) is 0.333. The quantitative estimate of drug-likeness (QED) is 0.813. The minimum Gasteiger partial charge on any atom is -0.273 e. The molecule has 0 radical (unpaired) electrons. The van der Waals surface area contributed by atoms with Crippen LogP contribution in [0.4, 0.5) is 13.2 Å². The molecule has 0 bridgehead atoms. The fourth-order valence-electron chi connectivity index (χ4n) is 1.83. The molecule has 0 fully saturated rings. The molecule has 0 aliphatic carbocycles. The number of unbranched alkanes of at least 4 members (excludes halogenated alkanes) is 2. The summed E-state index contributed by atoms with van der Waals surface area (Å²) >= 11 is 0. The Morgan fingerprint density at radius 1 is 1.24 bits per heavy atom. The van der Waals surface area contributed by atoms with Crippen LogP contribution in [-0.4, -0.2) is 15.2 Å². The van der Waals surface area contributed by atoms with Crippen molar-refractivity contribution in [2.24, 2.45) is 0 Å². The molecule has 0 saturated heterocycles. The molecule has 2 aromatic heterocycles. The van der Waals surface area contributed by atoms with Crippen LogP contribution in [0.15, 0.2) is 30.5 Å². The predicted molar refractivity (Wildman–Crippen MR) is 75.4 cm³/mol. The number of H-pyrrole nitrogens is 1. The highest BCUT2D eigenvalue weighted by atomic mass is 19.4. The Hall–Kier alpha value is -2.11. The van der Waals surface area contributed by atoms with Crippen LogP contribution in [0, 0.1) is 0 Å². The third-order valence-electron chi connectivity index (χ3n) is 2.96. The molecule has 6 heteroatoms. The number of allylic oxidation sites excluding steroid dienone is 1. The van der Waals surface area contributed by atoms with Crippen molar-refractivity contribution in [1.29, 1.82) is 0 Å². The molecule has 1 N–H and O–H groups in total. The Morgan fingerprint density at radius 2 is 2.05 bits per heavy atom. The highest BCUT2D eigenvalue weighted by molar-refractivity contribution is 5.60. The Bertz CT molecular complexity index is 615. The molecule has 3 nitrogen and oxygen atoms in total. The number of hydrogen-bond donors (Lipinski definition) is 1. The highest BCUT2D eigenvalue weighted by Crippen LogP contribution is 2.29. The number of halogens is 3. The van der Waals surface area contributed by atoms with Crippen molar-refractivity contribution in [3.8, 4) is 11.4 Å². The molecule has 2 rings (SSSR count). The second kappa shape index (κ2) is 6.56. The molecule has 0 amide bonds. The van der Waals surface area contributed by atoms with Gasteiger partial charge in [-0.2, -0.15) is 18.3 Å². The second-order valence-corrected chi connectivity index (χ2v) is 4.68. The molecule has 0 aromatic carbocycles. The first-order chi connectivity index (χ1) is 10.0. The van der Waals surface area contributed by atoms with Crippen LogP contribution in [0.1, 0.15) is 37.4 Å². The lowest BCUT2D eigenvalue weighted by molar-refractivity contribution is -0.141. The van der Waals surface area contributed by atoms with Gasteiger partial charge in [0.05, 0.1) is 5.69 Å². The van der Waals surface area contributed by atoms with Crippen molar-refractivity contribution in [3.05, 3.63) is 41.7 Å². The summed E-state index contributed by atoms with van der Waals surface area (Å²) in [4.78, 5) is 4.07. The summed E-state index contributed by atoms with van der Waals surface area (Å²) in [5, 5.41) is 5.66. The zero-order chi connectivity index (χ0) is 15.3. The number of pyridine rings is 1. The smallest absolute Gasteiger partial charge is 0.273 e. The Kier molecular flexibility index (Phi) is 4.77. The Morgan fingerprint density at radius 3 is 2.71 bits per heavy atom. The molecular weight excluding hydrogens is 279 g/mol. The maximum atomic E-state index is 12.5. The lowest BCUT2D eigenvalue weighted by Crippen LogP contribution is -2.04. The number of alkyl halides is 3. The largest absolute Gasteiger partial charge is 0.432 e. The van der Waals surface area contributed by atoms with Gasteiger partial charge in [0.1, 0.15) is 11.4 Å². The van der Waals surface area contributed by atoms with Gasteiger partial charge in [0.15, 0.2) is 0 Å². The first-order valence-corrected chi connectivity index (χ1v) is 6.76. The molecule has 0 atom stereocenters. The summed E-state index contributed by atoms with van der Waals surface area (Å²) < 4.78 is 37.6. The van der Waals surface area contributed by atoms with Gasteiger partial charge in [0, 0.05) is 6.20 Å². The van der Waals surface area contributed by atoms with Gasteiger partial charge >= 0.3 is 6.18 Å². The zero-order valence-corrected chi connectivity index (χ0v) is 11.6. The van der Waals surface area contributed by atoms with Crippen LogP contribution < -0.4 is 0 Å². The third-order valence-corrected chi connectivity index (χ3v) is 2.96. The zero-order valence-electron chi connectivity index (χ0n) is 11.6. The number of nitrogens with one attached hydrogen (secondary N) is 1. The van der Waals surface area contributed by atoms with E-state index in [9.17, 15) is 13.2 Å². The number of aromatic nitrogens is 3. The van der Waals surface area contributed by atoms with Crippen molar-refractivity contribution in [3.63, 3.8) is 0 Å². The molecule has 0 aliphatic heterocycles. The van der Waals surface area contributed by atoms with E-state index < -0.39 is 11.9 Å². The summed E-state index contributed by atoms with van der Waals surface area (Å²) in [7, 11) is 0. The normalized spacial score (nSPS) is 12.2. The predicted octanol–water partition coefficient (Wildman–Crippen LogP) is 4.69. The maximum absolute atomic E-state index is 12.5. The van der Waals surface area contributed by atoms with Crippen LogP contribution in [0.5, 0.6) is 0 Å². The molecular formula is C15H16F3N3. The van der Waals surface area contributed by atoms with E-state index in [1.165, 1.54) is 0 Å². The minimum atomic E-state index is -4.43. The Balaban J connectivity index is 2.17.